The lowest BCUT2D eigenvalue weighted by Gasteiger charge is -2.09. The molecule has 0 bridgehead atoms. The van der Waals surface area contributed by atoms with Crippen LogP contribution in [0.4, 0.5) is 4.79 Å². The van der Waals surface area contributed by atoms with Crippen LogP contribution in [0.25, 0.3) is 0 Å². The Morgan fingerprint density at radius 2 is 1.73 bits per heavy atom. The fourth-order valence-corrected chi connectivity index (χ4v) is 1.79. The Hall–Kier alpha value is -2.24. The Morgan fingerprint density at radius 3 is 2.36 bits per heavy atom. The van der Waals surface area contributed by atoms with Gasteiger partial charge in [0.05, 0.1) is 6.61 Å². The van der Waals surface area contributed by atoms with Gasteiger partial charge in [-0.05, 0) is 31.0 Å². The number of hydrogen-bond donors (Lipinski definition) is 2. The van der Waals surface area contributed by atoms with Crippen LogP contribution in [0.1, 0.15) is 25.8 Å². The molecule has 1 aromatic carbocycles. The molecule has 22 heavy (non-hydrogen) atoms. The fourth-order valence-electron chi connectivity index (χ4n) is 1.79. The van der Waals surface area contributed by atoms with Crippen molar-refractivity contribution in [3.8, 4) is 5.75 Å². The summed E-state index contributed by atoms with van der Waals surface area (Å²) < 4.78 is 10.1. The second kappa shape index (κ2) is 10.5. The van der Waals surface area contributed by atoms with E-state index in [0.29, 0.717) is 25.4 Å². The minimum Gasteiger partial charge on any atom is -0.484 e. The average Bonchev–Trinajstić information content (AvgIpc) is 2.51. The van der Waals surface area contributed by atoms with Gasteiger partial charge in [0, 0.05) is 13.1 Å². The quantitative estimate of drug-likeness (QED) is 0.683. The number of alkyl carbamates (subject to hydrolysis) is 1. The van der Waals surface area contributed by atoms with Crippen molar-refractivity contribution in [2.24, 2.45) is 0 Å². The van der Waals surface area contributed by atoms with E-state index in [1.807, 2.05) is 24.3 Å². The van der Waals surface area contributed by atoms with Crippen molar-refractivity contribution >= 4 is 12.0 Å². The third-order valence-corrected chi connectivity index (χ3v) is 2.82. The number of carbonyl (C=O) groups is 2. The number of ether oxygens (including phenoxy) is 2. The third-order valence-electron chi connectivity index (χ3n) is 2.82. The van der Waals surface area contributed by atoms with E-state index >= 15 is 0 Å². The molecule has 6 heteroatoms. The van der Waals surface area contributed by atoms with Gasteiger partial charge in [-0.25, -0.2) is 4.79 Å². The molecule has 0 fully saturated rings. The lowest BCUT2D eigenvalue weighted by atomic mass is 10.1. The van der Waals surface area contributed by atoms with Crippen LogP contribution in [0, 0.1) is 0 Å². The van der Waals surface area contributed by atoms with Gasteiger partial charge < -0.3 is 20.1 Å². The van der Waals surface area contributed by atoms with Crippen LogP contribution in [0.15, 0.2) is 24.3 Å². The summed E-state index contributed by atoms with van der Waals surface area (Å²) in [6.07, 6.45) is 1.65. The van der Waals surface area contributed by atoms with Crippen molar-refractivity contribution in [3.63, 3.8) is 0 Å². The molecule has 0 aliphatic carbocycles. The summed E-state index contributed by atoms with van der Waals surface area (Å²) >= 11 is 0. The summed E-state index contributed by atoms with van der Waals surface area (Å²) in [5.74, 6) is 0.433. The number of benzene rings is 1. The predicted octanol–water partition coefficient (Wildman–Crippen LogP) is 1.88. The molecule has 0 heterocycles. The summed E-state index contributed by atoms with van der Waals surface area (Å²) in [6, 6.07) is 7.72. The molecule has 0 aliphatic rings. The SMILES string of the molecule is CCCc1ccc(OCC(=O)NCCNC(=O)OCC)cc1. The van der Waals surface area contributed by atoms with Gasteiger partial charge in [-0.15, -0.1) is 0 Å². The first-order valence-corrected chi connectivity index (χ1v) is 7.54. The van der Waals surface area contributed by atoms with Crippen LogP contribution < -0.4 is 15.4 Å². The standard InChI is InChI=1S/C16H24N2O4/c1-3-5-13-6-8-14(9-7-13)22-12-15(19)17-10-11-18-16(20)21-4-2/h6-9H,3-5,10-12H2,1-2H3,(H,17,19)(H,18,20). The monoisotopic (exact) mass is 308 g/mol. The molecule has 0 saturated carbocycles. The van der Waals surface area contributed by atoms with Gasteiger partial charge in [-0.1, -0.05) is 25.5 Å². The van der Waals surface area contributed by atoms with E-state index in [1.54, 1.807) is 6.92 Å². The Balaban J connectivity index is 2.16. The van der Waals surface area contributed by atoms with Gasteiger partial charge in [-0.2, -0.15) is 0 Å². The van der Waals surface area contributed by atoms with Crippen LogP contribution in [0.3, 0.4) is 0 Å². The van der Waals surface area contributed by atoms with Gasteiger partial charge in [0.1, 0.15) is 5.75 Å². The Kier molecular flexibility index (Phi) is 8.49. The van der Waals surface area contributed by atoms with Crippen molar-refractivity contribution in [2.45, 2.75) is 26.7 Å². The van der Waals surface area contributed by atoms with E-state index in [-0.39, 0.29) is 12.5 Å². The maximum atomic E-state index is 11.6. The van der Waals surface area contributed by atoms with Crippen LogP contribution in [-0.2, 0) is 16.0 Å². The molecule has 1 rings (SSSR count). The minimum absolute atomic E-state index is 0.0491. The molecule has 1 aromatic rings. The lowest BCUT2D eigenvalue weighted by molar-refractivity contribution is -0.123. The van der Waals surface area contributed by atoms with E-state index < -0.39 is 6.09 Å². The van der Waals surface area contributed by atoms with Gasteiger partial charge in [0.15, 0.2) is 6.61 Å². The van der Waals surface area contributed by atoms with Gasteiger partial charge >= 0.3 is 6.09 Å². The second-order valence-electron chi connectivity index (χ2n) is 4.68. The normalized spacial score (nSPS) is 9.91. The smallest absolute Gasteiger partial charge is 0.407 e. The van der Waals surface area contributed by atoms with E-state index in [9.17, 15) is 9.59 Å². The fraction of sp³-hybridized carbons (Fsp3) is 0.500. The Labute approximate surface area is 131 Å². The molecule has 6 nitrogen and oxygen atoms in total. The minimum atomic E-state index is -0.486. The molecule has 0 radical (unpaired) electrons. The van der Waals surface area contributed by atoms with E-state index in [0.717, 1.165) is 12.8 Å². The highest BCUT2D eigenvalue weighted by Gasteiger charge is 2.03. The van der Waals surface area contributed by atoms with Crippen molar-refractivity contribution in [1.29, 1.82) is 0 Å². The number of hydrogen-bond acceptors (Lipinski definition) is 4. The number of nitrogens with one attached hydrogen (secondary N) is 2. The summed E-state index contributed by atoms with van der Waals surface area (Å²) in [4.78, 5) is 22.6. The largest absolute Gasteiger partial charge is 0.484 e. The average molecular weight is 308 g/mol. The zero-order chi connectivity index (χ0) is 16.2. The summed E-state index contributed by atoms with van der Waals surface area (Å²) in [5, 5.41) is 5.16. The lowest BCUT2D eigenvalue weighted by Crippen LogP contribution is -2.37. The van der Waals surface area contributed by atoms with Crippen molar-refractivity contribution in [1.82, 2.24) is 10.6 Å². The highest BCUT2D eigenvalue weighted by atomic mass is 16.5. The molecular formula is C16H24N2O4. The van der Waals surface area contributed by atoms with Gasteiger partial charge in [-0.3, -0.25) is 4.79 Å². The zero-order valence-electron chi connectivity index (χ0n) is 13.2. The summed E-state index contributed by atoms with van der Waals surface area (Å²) in [6.45, 7) is 4.78. The molecule has 2 amide bonds. The molecule has 2 N–H and O–H groups in total. The first kappa shape index (κ1) is 17.8. The summed E-state index contributed by atoms with van der Waals surface area (Å²) in [7, 11) is 0. The molecule has 0 saturated heterocycles. The maximum Gasteiger partial charge on any atom is 0.407 e. The van der Waals surface area contributed by atoms with E-state index in [2.05, 4.69) is 17.6 Å². The topological polar surface area (TPSA) is 76.7 Å². The van der Waals surface area contributed by atoms with Crippen LogP contribution >= 0.6 is 0 Å². The molecule has 0 unspecified atom stereocenters. The molecule has 0 atom stereocenters. The summed E-state index contributed by atoms with van der Waals surface area (Å²) in [5.41, 5.74) is 1.25. The molecule has 0 aromatic heterocycles. The Morgan fingerprint density at radius 1 is 1.05 bits per heavy atom. The van der Waals surface area contributed by atoms with Crippen LogP contribution in [0.2, 0.25) is 0 Å². The molecule has 0 aliphatic heterocycles. The van der Waals surface area contributed by atoms with Crippen LogP contribution in [0.5, 0.6) is 5.75 Å². The van der Waals surface area contributed by atoms with Crippen LogP contribution in [-0.4, -0.2) is 38.3 Å². The molecular weight excluding hydrogens is 284 g/mol. The van der Waals surface area contributed by atoms with E-state index in [4.69, 9.17) is 9.47 Å². The maximum absolute atomic E-state index is 11.6. The van der Waals surface area contributed by atoms with Gasteiger partial charge in [0.2, 0.25) is 0 Å². The molecule has 122 valence electrons. The second-order valence-corrected chi connectivity index (χ2v) is 4.68. The number of aryl methyl sites for hydroxylation is 1. The first-order chi connectivity index (χ1) is 10.7. The van der Waals surface area contributed by atoms with Crippen molar-refractivity contribution < 1.29 is 19.1 Å². The first-order valence-electron chi connectivity index (χ1n) is 7.54. The Bertz CT molecular complexity index is 460. The highest BCUT2D eigenvalue weighted by Crippen LogP contribution is 2.13. The number of carbonyl (C=O) groups excluding carboxylic acids is 2. The number of rotatable bonds is 9. The number of amides is 2. The zero-order valence-corrected chi connectivity index (χ0v) is 13.2. The van der Waals surface area contributed by atoms with Gasteiger partial charge in [0.25, 0.3) is 5.91 Å². The highest BCUT2D eigenvalue weighted by molar-refractivity contribution is 5.77. The van der Waals surface area contributed by atoms with Crippen molar-refractivity contribution in [2.75, 3.05) is 26.3 Å². The van der Waals surface area contributed by atoms with Crippen molar-refractivity contribution in [3.05, 3.63) is 29.8 Å². The predicted molar refractivity (Wildman–Crippen MR) is 84.0 cm³/mol. The molecule has 0 spiro atoms. The third kappa shape index (κ3) is 7.52. The van der Waals surface area contributed by atoms with E-state index in [1.165, 1.54) is 5.56 Å².